The second kappa shape index (κ2) is 9.99. The van der Waals surface area contributed by atoms with Gasteiger partial charge < -0.3 is 18.9 Å². The molecule has 0 aliphatic carbocycles. The highest BCUT2D eigenvalue weighted by Gasteiger charge is 2.27. The van der Waals surface area contributed by atoms with Crippen LogP contribution in [0.15, 0.2) is 47.5 Å². The summed E-state index contributed by atoms with van der Waals surface area (Å²) >= 11 is 6.16. The van der Waals surface area contributed by atoms with Crippen molar-refractivity contribution >= 4 is 27.3 Å². The summed E-state index contributed by atoms with van der Waals surface area (Å²) in [6, 6.07) is 10.1. The van der Waals surface area contributed by atoms with Gasteiger partial charge in [-0.3, -0.25) is 4.72 Å². The average molecular weight is 505 g/mol. The Morgan fingerprint density at radius 3 is 2.71 bits per heavy atom. The van der Waals surface area contributed by atoms with Gasteiger partial charge in [0.15, 0.2) is 22.9 Å². The van der Waals surface area contributed by atoms with E-state index in [1.807, 2.05) is 6.07 Å². The minimum absolute atomic E-state index is 0.0688. The van der Waals surface area contributed by atoms with E-state index in [9.17, 15) is 8.42 Å². The molecule has 3 aromatic rings. The Bertz CT molecular complexity index is 1310. The molecule has 0 fully saturated rings. The molecule has 8 nitrogen and oxygen atoms in total. The van der Waals surface area contributed by atoms with Crippen LogP contribution in [0.3, 0.4) is 0 Å². The van der Waals surface area contributed by atoms with E-state index in [0.29, 0.717) is 34.4 Å². The number of methoxy groups -OCH3 is 2. The van der Waals surface area contributed by atoms with E-state index in [1.54, 1.807) is 51.6 Å². The third-order valence-electron chi connectivity index (χ3n) is 5.47. The van der Waals surface area contributed by atoms with Gasteiger partial charge >= 0.3 is 0 Å². The number of hydrogen-bond acceptors (Lipinski definition) is 7. The molecule has 180 valence electrons. The predicted molar refractivity (Wildman–Crippen MR) is 129 cm³/mol. The molecule has 0 saturated carbocycles. The summed E-state index contributed by atoms with van der Waals surface area (Å²) in [4.78, 5) is 4.46. The van der Waals surface area contributed by atoms with E-state index in [1.165, 1.54) is 6.07 Å². The maximum absolute atomic E-state index is 13.3. The SMILES string of the molecule is COc1ccc(COc2ncc3c(c2NS(=O)(=O)c2cccc(Cl)c2C)OCCC3)cc1OC. The topological polar surface area (TPSA) is 96.0 Å². The molecule has 0 amide bonds. The van der Waals surface area contributed by atoms with Gasteiger partial charge in [-0.1, -0.05) is 23.7 Å². The van der Waals surface area contributed by atoms with E-state index in [2.05, 4.69) is 9.71 Å². The van der Waals surface area contributed by atoms with Crippen molar-refractivity contribution in [3.05, 3.63) is 64.3 Å². The van der Waals surface area contributed by atoms with Crippen LogP contribution in [-0.4, -0.2) is 34.2 Å². The molecule has 34 heavy (non-hydrogen) atoms. The molecular formula is C24H25ClN2O6S. The fourth-order valence-corrected chi connectivity index (χ4v) is 5.25. The molecular weight excluding hydrogens is 480 g/mol. The number of halogens is 1. The van der Waals surface area contributed by atoms with E-state index in [-0.39, 0.29) is 23.1 Å². The smallest absolute Gasteiger partial charge is 0.262 e. The first-order chi connectivity index (χ1) is 16.3. The molecule has 2 heterocycles. The Morgan fingerprint density at radius 1 is 1.15 bits per heavy atom. The number of pyridine rings is 1. The fourth-order valence-electron chi connectivity index (χ4n) is 3.69. The molecule has 0 bridgehead atoms. The van der Waals surface area contributed by atoms with Gasteiger partial charge in [0.1, 0.15) is 6.61 Å². The molecule has 10 heteroatoms. The van der Waals surface area contributed by atoms with Crippen molar-refractivity contribution in [3.63, 3.8) is 0 Å². The molecule has 1 aromatic heterocycles. The Balaban J connectivity index is 1.69. The number of rotatable bonds is 8. The number of aryl methyl sites for hydroxylation is 1. The number of hydrogen-bond donors (Lipinski definition) is 1. The second-order valence-electron chi connectivity index (χ2n) is 7.69. The van der Waals surface area contributed by atoms with Gasteiger partial charge in [0.05, 0.1) is 25.7 Å². The highest BCUT2D eigenvalue weighted by atomic mass is 35.5. The van der Waals surface area contributed by atoms with Crippen molar-refractivity contribution in [1.82, 2.24) is 4.98 Å². The second-order valence-corrected chi connectivity index (χ2v) is 9.75. The van der Waals surface area contributed by atoms with E-state index < -0.39 is 10.0 Å². The molecule has 1 aliphatic heterocycles. The number of aromatic nitrogens is 1. The van der Waals surface area contributed by atoms with Crippen LogP contribution in [-0.2, 0) is 23.1 Å². The molecule has 2 aromatic carbocycles. The Labute approximate surface area is 203 Å². The largest absolute Gasteiger partial charge is 0.493 e. The van der Waals surface area contributed by atoms with Crippen LogP contribution in [0.25, 0.3) is 0 Å². The lowest BCUT2D eigenvalue weighted by Gasteiger charge is -2.23. The van der Waals surface area contributed by atoms with Gasteiger partial charge in [-0.05, 0) is 55.2 Å². The summed E-state index contributed by atoms with van der Waals surface area (Å²) in [7, 11) is -0.884. The highest BCUT2D eigenvalue weighted by Crippen LogP contribution is 2.41. The normalized spacial score (nSPS) is 12.9. The number of ether oxygens (including phenoxy) is 4. The molecule has 0 unspecified atom stereocenters. The third kappa shape index (κ3) is 4.85. The Morgan fingerprint density at radius 2 is 1.94 bits per heavy atom. The van der Waals surface area contributed by atoms with Crippen molar-refractivity contribution < 1.29 is 27.4 Å². The third-order valence-corrected chi connectivity index (χ3v) is 7.38. The van der Waals surface area contributed by atoms with Crippen molar-refractivity contribution in [3.8, 4) is 23.1 Å². The first-order valence-electron chi connectivity index (χ1n) is 10.6. The van der Waals surface area contributed by atoms with Gasteiger partial charge in [-0.2, -0.15) is 0 Å². The van der Waals surface area contributed by atoms with E-state index in [0.717, 1.165) is 24.0 Å². The maximum Gasteiger partial charge on any atom is 0.262 e. The van der Waals surface area contributed by atoms with Crippen LogP contribution in [0, 0.1) is 6.92 Å². The van der Waals surface area contributed by atoms with Crippen LogP contribution >= 0.6 is 11.6 Å². The van der Waals surface area contributed by atoms with Gasteiger partial charge in [0.2, 0.25) is 5.88 Å². The van der Waals surface area contributed by atoms with Crippen LogP contribution < -0.4 is 23.7 Å². The summed E-state index contributed by atoms with van der Waals surface area (Å²) in [6.07, 6.45) is 3.20. The maximum atomic E-state index is 13.3. The van der Waals surface area contributed by atoms with E-state index in [4.69, 9.17) is 30.5 Å². The summed E-state index contributed by atoms with van der Waals surface area (Å²) < 4.78 is 51.6. The Kier molecular flexibility index (Phi) is 7.04. The zero-order valence-corrected chi connectivity index (χ0v) is 20.6. The van der Waals surface area contributed by atoms with Gasteiger partial charge in [0.25, 0.3) is 10.0 Å². The van der Waals surface area contributed by atoms with Crippen molar-refractivity contribution in [1.29, 1.82) is 0 Å². The monoisotopic (exact) mass is 504 g/mol. The summed E-state index contributed by atoms with van der Waals surface area (Å²) in [6.45, 7) is 2.24. The lowest BCUT2D eigenvalue weighted by Crippen LogP contribution is -2.19. The van der Waals surface area contributed by atoms with Gasteiger partial charge in [-0.15, -0.1) is 0 Å². The van der Waals surface area contributed by atoms with Crippen molar-refractivity contribution in [2.24, 2.45) is 0 Å². The first-order valence-corrected chi connectivity index (χ1v) is 12.5. The quantitative estimate of drug-likeness (QED) is 0.472. The van der Waals surface area contributed by atoms with E-state index >= 15 is 0 Å². The molecule has 0 saturated heterocycles. The van der Waals surface area contributed by atoms with Gasteiger partial charge in [-0.25, -0.2) is 13.4 Å². The predicted octanol–water partition coefficient (Wildman–Crippen LogP) is 4.77. The van der Waals surface area contributed by atoms with Crippen molar-refractivity contribution in [2.75, 3.05) is 25.5 Å². The van der Waals surface area contributed by atoms with Crippen LogP contribution in [0.4, 0.5) is 5.69 Å². The summed E-state index contributed by atoms with van der Waals surface area (Å²) in [5.74, 6) is 1.69. The minimum Gasteiger partial charge on any atom is -0.493 e. The number of fused-ring (bicyclic) bond motifs is 1. The highest BCUT2D eigenvalue weighted by molar-refractivity contribution is 7.92. The molecule has 1 aliphatic rings. The standard InChI is InChI=1S/C24H25ClN2O6S/c1-15-18(25)7-4-8-21(15)34(28,29)27-22-23-17(6-5-11-32-23)13-26-24(22)33-14-16-9-10-19(30-2)20(12-16)31-3/h4,7-10,12-13,27H,5-6,11,14H2,1-3H3. The average Bonchev–Trinajstić information content (AvgIpc) is 2.84. The molecule has 0 radical (unpaired) electrons. The minimum atomic E-state index is -4.00. The Hall–Kier alpha value is -3.17. The number of benzene rings is 2. The first kappa shape index (κ1) is 24.0. The molecule has 0 atom stereocenters. The van der Waals surface area contributed by atoms with Crippen molar-refractivity contribution in [2.45, 2.75) is 31.3 Å². The zero-order valence-electron chi connectivity index (χ0n) is 19.1. The summed E-state index contributed by atoms with van der Waals surface area (Å²) in [5.41, 5.74) is 2.21. The fraction of sp³-hybridized carbons (Fsp3) is 0.292. The zero-order chi connectivity index (χ0) is 24.3. The molecule has 0 spiro atoms. The lowest BCUT2D eigenvalue weighted by atomic mass is 10.1. The van der Waals surface area contributed by atoms with Crippen LogP contribution in [0.1, 0.15) is 23.1 Å². The number of nitrogens with one attached hydrogen (secondary N) is 1. The molecule has 4 rings (SSSR count). The summed E-state index contributed by atoms with van der Waals surface area (Å²) in [5, 5.41) is 0.359. The van der Waals surface area contributed by atoms with Gasteiger partial charge in [0, 0.05) is 16.8 Å². The molecule has 1 N–H and O–H groups in total. The number of nitrogens with zero attached hydrogens (tertiary/aromatic N) is 1. The lowest BCUT2D eigenvalue weighted by molar-refractivity contribution is 0.274. The number of anilines is 1. The van der Waals surface area contributed by atoms with Crippen LogP contribution in [0.2, 0.25) is 5.02 Å². The number of sulfonamides is 1. The van der Waals surface area contributed by atoms with Crippen LogP contribution in [0.5, 0.6) is 23.1 Å².